The molecule has 0 saturated heterocycles. The molecule has 1 aromatic carbocycles. The van der Waals surface area contributed by atoms with Gasteiger partial charge in [0, 0.05) is 31.2 Å². The van der Waals surface area contributed by atoms with E-state index in [0.29, 0.717) is 6.54 Å². The summed E-state index contributed by atoms with van der Waals surface area (Å²) in [5.41, 5.74) is 2.60. The van der Waals surface area contributed by atoms with Gasteiger partial charge in [-0.2, -0.15) is 0 Å². The van der Waals surface area contributed by atoms with Crippen molar-refractivity contribution in [3.8, 4) is 0 Å². The highest BCUT2D eigenvalue weighted by Gasteiger charge is 2.03. The maximum atomic E-state index is 4.36. The van der Waals surface area contributed by atoms with Crippen molar-refractivity contribution in [2.24, 2.45) is 4.99 Å². The second kappa shape index (κ2) is 10.2. The van der Waals surface area contributed by atoms with E-state index in [9.17, 15) is 0 Å². The molecule has 1 aromatic heterocycles. The van der Waals surface area contributed by atoms with E-state index < -0.39 is 0 Å². The smallest absolute Gasteiger partial charge is 0.191 e. The van der Waals surface area contributed by atoms with Gasteiger partial charge in [-0.3, -0.25) is 9.89 Å². The van der Waals surface area contributed by atoms with Crippen LogP contribution in [0.5, 0.6) is 0 Å². The van der Waals surface area contributed by atoms with Gasteiger partial charge in [0.25, 0.3) is 0 Å². The van der Waals surface area contributed by atoms with Gasteiger partial charge in [-0.1, -0.05) is 38.1 Å². The average molecular weight is 360 g/mol. The standard InChI is InChI=1S/C19H29N5S/c1-5-24(6-2)14-17-9-7-16(8-10-17)12-22-19(20-4)23-13-18-21-11-15(3)25-18/h7-11H,5-6,12-14H2,1-4H3,(H2,20,22,23). The second-order valence-corrected chi connectivity index (χ2v) is 7.24. The molecule has 6 heteroatoms. The number of guanidine groups is 1. The molecule has 0 aliphatic carbocycles. The summed E-state index contributed by atoms with van der Waals surface area (Å²) >= 11 is 1.70. The first kappa shape index (κ1) is 19.4. The van der Waals surface area contributed by atoms with E-state index in [0.717, 1.165) is 37.1 Å². The highest BCUT2D eigenvalue weighted by molar-refractivity contribution is 7.11. The monoisotopic (exact) mass is 359 g/mol. The Morgan fingerprint density at radius 2 is 1.72 bits per heavy atom. The second-order valence-electron chi connectivity index (χ2n) is 5.92. The minimum absolute atomic E-state index is 0.695. The minimum atomic E-state index is 0.695. The highest BCUT2D eigenvalue weighted by Crippen LogP contribution is 2.10. The molecular formula is C19H29N5S. The van der Waals surface area contributed by atoms with Crippen molar-refractivity contribution in [1.82, 2.24) is 20.5 Å². The van der Waals surface area contributed by atoms with Crippen LogP contribution in [0.1, 0.15) is 34.9 Å². The van der Waals surface area contributed by atoms with Gasteiger partial charge in [0.1, 0.15) is 5.01 Å². The molecule has 0 aliphatic heterocycles. The molecule has 2 rings (SSSR count). The van der Waals surface area contributed by atoms with Crippen molar-refractivity contribution in [1.29, 1.82) is 0 Å². The van der Waals surface area contributed by atoms with Crippen LogP contribution in [0.4, 0.5) is 0 Å². The number of aliphatic imine (C=N–C) groups is 1. The summed E-state index contributed by atoms with van der Waals surface area (Å²) in [6, 6.07) is 8.79. The number of hydrogen-bond donors (Lipinski definition) is 2. The molecule has 0 radical (unpaired) electrons. The fourth-order valence-corrected chi connectivity index (χ4v) is 3.24. The fraction of sp³-hybridized carbons (Fsp3) is 0.474. The van der Waals surface area contributed by atoms with Crippen molar-refractivity contribution >= 4 is 17.3 Å². The first-order chi connectivity index (χ1) is 12.1. The van der Waals surface area contributed by atoms with Crippen LogP contribution in [0.3, 0.4) is 0 Å². The zero-order valence-corrected chi connectivity index (χ0v) is 16.5. The Balaban J connectivity index is 1.80. The van der Waals surface area contributed by atoms with Crippen molar-refractivity contribution in [3.63, 3.8) is 0 Å². The lowest BCUT2D eigenvalue weighted by Crippen LogP contribution is -2.36. The van der Waals surface area contributed by atoms with E-state index in [-0.39, 0.29) is 0 Å². The summed E-state index contributed by atoms with van der Waals surface area (Å²) in [7, 11) is 1.79. The van der Waals surface area contributed by atoms with E-state index in [1.165, 1.54) is 16.0 Å². The third-order valence-corrected chi connectivity index (χ3v) is 5.00. The Morgan fingerprint density at radius 3 is 2.28 bits per heavy atom. The molecule has 5 nitrogen and oxygen atoms in total. The van der Waals surface area contributed by atoms with Crippen molar-refractivity contribution in [3.05, 3.63) is 51.5 Å². The van der Waals surface area contributed by atoms with Gasteiger partial charge in [-0.15, -0.1) is 11.3 Å². The van der Waals surface area contributed by atoms with Crippen LogP contribution >= 0.6 is 11.3 Å². The highest BCUT2D eigenvalue weighted by atomic mass is 32.1. The summed E-state index contributed by atoms with van der Waals surface area (Å²) < 4.78 is 0. The zero-order chi connectivity index (χ0) is 18.1. The maximum Gasteiger partial charge on any atom is 0.191 e. The molecule has 0 spiro atoms. The summed E-state index contributed by atoms with van der Waals surface area (Å²) in [5, 5.41) is 7.72. The largest absolute Gasteiger partial charge is 0.352 e. The van der Waals surface area contributed by atoms with Gasteiger partial charge in [0.15, 0.2) is 5.96 Å². The normalized spacial score (nSPS) is 11.8. The fourth-order valence-electron chi connectivity index (χ4n) is 2.52. The number of thiazole rings is 1. The molecule has 25 heavy (non-hydrogen) atoms. The predicted octanol–water partition coefficient (Wildman–Crippen LogP) is 3.16. The number of aryl methyl sites for hydroxylation is 1. The topological polar surface area (TPSA) is 52.5 Å². The molecule has 0 saturated carbocycles. The minimum Gasteiger partial charge on any atom is -0.352 e. The molecule has 136 valence electrons. The summed E-state index contributed by atoms with van der Waals surface area (Å²) in [5.74, 6) is 0.792. The first-order valence-electron chi connectivity index (χ1n) is 8.80. The number of nitrogens with zero attached hydrogens (tertiary/aromatic N) is 3. The van der Waals surface area contributed by atoms with Crippen LogP contribution in [-0.2, 0) is 19.6 Å². The average Bonchev–Trinajstić information content (AvgIpc) is 3.06. The lowest BCUT2D eigenvalue weighted by molar-refractivity contribution is 0.296. The number of aromatic nitrogens is 1. The van der Waals surface area contributed by atoms with Crippen molar-refractivity contribution in [2.75, 3.05) is 20.1 Å². The molecule has 1 heterocycles. The number of hydrogen-bond acceptors (Lipinski definition) is 4. The Kier molecular flexibility index (Phi) is 7.88. The molecule has 0 aliphatic rings. The van der Waals surface area contributed by atoms with Crippen LogP contribution < -0.4 is 10.6 Å². The van der Waals surface area contributed by atoms with Crippen LogP contribution in [0.15, 0.2) is 35.5 Å². The van der Waals surface area contributed by atoms with Gasteiger partial charge in [0.2, 0.25) is 0 Å². The zero-order valence-electron chi connectivity index (χ0n) is 15.7. The molecule has 2 N–H and O–H groups in total. The van der Waals surface area contributed by atoms with Crippen LogP contribution in [0.25, 0.3) is 0 Å². The number of rotatable bonds is 8. The van der Waals surface area contributed by atoms with Gasteiger partial charge >= 0.3 is 0 Å². The van der Waals surface area contributed by atoms with Gasteiger partial charge in [-0.25, -0.2) is 4.98 Å². The summed E-state index contributed by atoms with van der Waals surface area (Å²) in [4.78, 5) is 12.3. The molecule has 0 bridgehead atoms. The van der Waals surface area contributed by atoms with E-state index in [4.69, 9.17) is 0 Å². The number of nitrogens with one attached hydrogen (secondary N) is 2. The van der Waals surface area contributed by atoms with E-state index in [2.05, 4.69) is 70.5 Å². The SMILES string of the molecule is CCN(CC)Cc1ccc(CNC(=NC)NCc2ncc(C)s2)cc1. The van der Waals surface area contributed by atoms with Gasteiger partial charge in [0.05, 0.1) is 6.54 Å². The molecule has 0 amide bonds. The Morgan fingerprint density at radius 1 is 1.08 bits per heavy atom. The molecule has 0 atom stereocenters. The van der Waals surface area contributed by atoms with Gasteiger partial charge < -0.3 is 10.6 Å². The van der Waals surface area contributed by atoms with Crippen molar-refractivity contribution in [2.45, 2.75) is 40.4 Å². The Labute approximate surface area is 155 Å². The van der Waals surface area contributed by atoms with E-state index in [1.807, 2.05) is 6.20 Å². The quantitative estimate of drug-likeness (QED) is 0.561. The Hall–Kier alpha value is -1.92. The third kappa shape index (κ3) is 6.48. The predicted molar refractivity (Wildman–Crippen MR) is 107 cm³/mol. The van der Waals surface area contributed by atoms with Gasteiger partial charge in [-0.05, 0) is 31.1 Å². The lowest BCUT2D eigenvalue weighted by atomic mass is 10.1. The Bertz CT molecular complexity index is 659. The van der Waals surface area contributed by atoms with E-state index >= 15 is 0 Å². The van der Waals surface area contributed by atoms with Crippen molar-refractivity contribution < 1.29 is 0 Å². The number of benzene rings is 1. The lowest BCUT2D eigenvalue weighted by Gasteiger charge is -2.18. The van der Waals surface area contributed by atoms with Crippen LogP contribution in [-0.4, -0.2) is 36.0 Å². The molecular weight excluding hydrogens is 330 g/mol. The molecule has 0 fully saturated rings. The summed E-state index contributed by atoms with van der Waals surface area (Å²) in [6.07, 6.45) is 1.90. The summed E-state index contributed by atoms with van der Waals surface area (Å²) in [6.45, 7) is 11.1. The maximum absolute atomic E-state index is 4.36. The third-order valence-electron chi connectivity index (χ3n) is 4.08. The first-order valence-corrected chi connectivity index (χ1v) is 9.62. The van der Waals surface area contributed by atoms with Crippen LogP contribution in [0, 0.1) is 6.92 Å². The van der Waals surface area contributed by atoms with E-state index in [1.54, 1.807) is 18.4 Å². The molecule has 0 unspecified atom stereocenters. The van der Waals surface area contributed by atoms with Crippen LogP contribution in [0.2, 0.25) is 0 Å². The molecule has 2 aromatic rings.